The molecule has 170 valence electrons. The molecule has 1 atom stereocenters. The number of methoxy groups -OCH3 is 2. The number of nitrogens with one attached hydrogen (secondary N) is 1. The molecule has 0 spiro atoms. The monoisotopic (exact) mass is 468 g/mol. The highest BCUT2D eigenvalue weighted by Crippen LogP contribution is 2.40. The van der Waals surface area contributed by atoms with E-state index in [0.29, 0.717) is 33.7 Å². The van der Waals surface area contributed by atoms with E-state index >= 15 is 0 Å². The Morgan fingerprint density at radius 1 is 1.00 bits per heavy atom. The van der Waals surface area contributed by atoms with E-state index in [4.69, 9.17) is 18.8 Å². The molecule has 1 unspecified atom stereocenters. The molecule has 0 saturated carbocycles. The number of hydrogen-bond donors (Lipinski definition) is 2. The Labute approximate surface area is 192 Å². The van der Waals surface area contributed by atoms with Crippen LogP contribution in [0.5, 0.6) is 23.0 Å². The molecule has 1 heterocycles. The molecule has 0 aliphatic rings. The molecule has 0 saturated heterocycles. The standard InChI is InChI=1S/C24H21FN2O5S/c1-30-22-12-18-20(13-23(22)31-2)26-11-10-21(18)32-24-17(4-3-5-19(24)25)16-8-6-15(7-9-16)14-27-33(28)29/h3-13,27H,14H2,1-2H3,(H,28,29). The van der Waals surface area contributed by atoms with Gasteiger partial charge in [0, 0.05) is 29.8 Å². The van der Waals surface area contributed by atoms with Crippen molar-refractivity contribution in [2.45, 2.75) is 6.54 Å². The van der Waals surface area contributed by atoms with Gasteiger partial charge < -0.3 is 14.2 Å². The van der Waals surface area contributed by atoms with Crippen molar-refractivity contribution in [1.29, 1.82) is 0 Å². The molecule has 0 amide bonds. The first-order valence-electron chi connectivity index (χ1n) is 9.91. The Kier molecular flexibility index (Phi) is 6.83. The van der Waals surface area contributed by atoms with E-state index in [1.54, 1.807) is 67.9 Å². The van der Waals surface area contributed by atoms with E-state index in [1.807, 2.05) is 0 Å². The maximum atomic E-state index is 14.9. The molecular weight excluding hydrogens is 447 g/mol. The summed E-state index contributed by atoms with van der Waals surface area (Å²) in [6.45, 7) is 0.226. The SMILES string of the molecule is COc1cc2nccc(Oc3c(F)cccc3-c3ccc(CNS(=O)O)cc3)c2cc1OC. The predicted octanol–water partition coefficient (Wildman–Crippen LogP) is 5.08. The maximum Gasteiger partial charge on any atom is 0.232 e. The van der Waals surface area contributed by atoms with Crippen LogP contribution in [0.3, 0.4) is 0 Å². The molecule has 1 aromatic heterocycles. The van der Waals surface area contributed by atoms with Crippen molar-refractivity contribution in [1.82, 2.24) is 9.71 Å². The third-order valence-electron chi connectivity index (χ3n) is 5.05. The molecule has 7 nitrogen and oxygen atoms in total. The molecule has 0 aliphatic carbocycles. The Balaban J connectivity index is 1.73. The van der Waals surface area contributed by atoms with Crippen LogP contribution in [0, 0.1) is 5.82 Å². The second-order valence-electron chi connectivity index (χ2n) is 7.02. The fourth-order valence-electron chi connectivity index (χ4n) is 3.43. The van der Waals surface area contributed by atoms with Crippen molar-refractivity contribution in [2.24, 2.45) is 0 Å². The van der Waals surface area contributed by atoms with Gasteiger partial charge in [-0.05, 0) is 29.3 Å². The summed E-state index contributed by atoms with van der Waals surface area (Å²) in [4.78, 5) is 4.36. The number of aromatic nitrogens is 1. The van der Waals surface area contributed by atoms with Gasteiger partial charge >= 0.3 is 0 Å². The first-order chi connectivity index (χ1) is 16.0. The van der Waals surface area contributed by atoms with Crippen LogP contribution in [0.25, 0.3) is 22.0 Å². The van der Waals surface area contributed by atoms with Gasteiger partial charge in [-0.2, -0.15) is 0 Å². The van der Waals surface area contributed by atoms with Crippen LogP contribution in [0.15, 0.2) is 66.9 Å². The highest BCUT2D eigenvalue weighted by atomic mass is 32.2. The van der Waals surface area contributed by atoms with E-state index in [2.05, 4.69) is 9.71 Å². The molecule has 2 N–H and O–H groups in total. The Morgan fingerprint density at radius 3 is 2.42 bits per heavy atom. The van der Waals surface area contributed by atoms with Gasteiger partial charge in [0.05, 0.1) is 19.7 Å². The molecule has 0 bridgehead atoms. The first-order valence-corrected chi connectivity index (χ1v) is 11.0. The summed E-state index contributed by atoms with van der Waals surface area (Å²) < 4.78 is 53.8. The minimum absolute atomic E-state index is 0.0714. The number of rotatable bonds is 8. The Hall–Kier alpha value is -3.53. The smallest absolute Gasteiger partial charge is 0.232 e. The minimum atomic E-state index is -2.09. The lowest BCUT2D eigenvalue weighted by atomic mass is 10.0. The molecule has 4 aromatic rings. The molecule has 3 aromatic carbocycles. The minimum Gasteiger partial charge on any atom is -0.493 e. The van der Waals surface area contributed by atoms with Crippen LogP contribution in [-0.4, -0.2) is 28.0 Å². The number of pyridine rings is 1. The van der Waals surface area contributed by atoms with Gasteiger partial charge in [-0.15, -0.1) is 0 Å². The van der Waals surface area contributed by atoms with Crippen LogP contribution in [-0.2, 0) is 17.8 Å². The van der Waals surface area contributed by atoms with Gasteiger partial charge in [-0.25, -0.2) is 13.3 Å². The quantitative estimate of drug-likeness (QED) is 0.351. The first kappa shape index (κ1) is 22.7. The number of fused-ring (bicyclic) bond motifs is 1. The van der Waals surface area contributed by atoms with Crippen molar-refractivity contribution in [3.05, 3.63) is 78.2 Å². The van der Waals surface area contributed by atoms with Crippen LogP contribution in [0.2, 0.25) is 0 Å². The van der Waals surface area contributed by atoms with E-state index < -0.39 is 17.1 Å². The topological polar surface area (TPSA) is 89.9 Å². The van der Waals surface area contributed by atoms with Gasteiger partial charge in [0.2, 0.25) is 11.3 Å². The summed E-state index contributed by atoms with van der Waals surface area (Å²) in [5, 5.41) is 0.641. The van der Waals surface area contributed by atoms with E-state index in [9.17, 15) is 8.60 Å². The van der Waals surface area contributed by atoms with Gasteiger partial charge in [0.15, 0.2) is 23.1 Å². The van der Waals surface area contributed by atoms with Gasteiger partial charge in [0.25, 0.3) is 0 Å². The van der Waals surface area contributed by atoms with Crippen molar-refractivity contribution < 1.29 is 27.4 Å². The molecule has 0 aliphatic heterocycles. The second kappa shape index (κ2) is 9.95. The Morgan fingerprint density at radius 2 is 1.73 bits per heavy atom. The van der Waals surface area contributed by atoms with E-state index in [0.717, 1.165) is 11.1 Å². The molecular formula is C24H21FN2O5S. The number of nitrogens with zero attached hydrogens (tertiary/aromatic N) is 1. The van der Waals surface area contributed by atoms with Crippen molar-refractivity contribution >= 4 is 22.2 Å². The van der Waals surface area contributed by atoms with Crippen molar-refractivity contribution in [3.63, 3.8) is 0 Å². The highest BCUT2D eigenvalue weighted by Gasteiger charge is 2.16. The van der Waals surface area contributed by atoms with Gasteiger partial charge in [-0.1, -0.05) is 36.4 Å². The average Bonchev–Trinajstić information content (AvgIpc) is 2.83. The zero-order valence-corrected chi connectivity index (χ0v) is 18.7. The molecule has 9 heteroatoms. The summed E-state index contributed by atoms with van der Waals surface area (Å²) in [5.74, 6) is 1.01. The number of benzene rings is 3. The lowest BCUT2D eigenvalue weighted by Gasteiger charge is -2.15. The number of ether oxygens (including phenoxy) is 3. The van der Waals surface area contributed by atoms with Gasteiger partial charge in [0.1, 0.15) is 5.75 Å². The summed E-state index contributed by atoms with van der Waals surface area (Å²) in [6.07, 6.45) is 1.58. The lowest BCUT2D eigenvalue weighted by Crippen LogP contribution is -2.15. The third kappa shape index (κ3) is 4.95. The van der Waals surface area contributed by atoms with E-state index in [1.165, 1.54) is 13.2 Å². The summed E-state index contributed by atoms with van der Waals surface area (Å²) >= 11 is -2.09. The number of halogens is 1. The summed E-state index contributed by atoms with van der Waals surface area (Å²) in [5.41, 5.74) is 2.71. The zero-order chi connectivity index (χ0) is 23.4. The molecule has 0 radical (unpaired) electrons. The lowest BCUT2D eigenvalue weighted by molar-refractivity contribution is 0.355. The van der Waals surface area contributed by atoms with Crippen LogP contribution in [0.4, 0.5) is 4.39 Å². The average molecular weight is 469 g/mol. The van der Waals surface area contributed by atoms with Crippen LogP contribution >= 0.6 is 0 Å². The molecule has 4 rings (SSSR count). The van der Waals surface area contributed by atoms with Crippen molar-refractivity contribution in [2.75, 3.05) is 14.2 Å². The van der Waals surface area contributed by atoms with E-state index in [-0.39, 0.29) is 12.3 Å². The predicted molar refractivity (Wildman–Crippen MR) is 124 cm³/mol. The fraction of sp³-hybridized carbons (Fsp3) is 0.125. The van der Waals surface area contributed by atoms with Gasteiger partial charge in [-0.3, -0.25) is 9.54 Å². The highest BCUT2D eigenvalue weighted by molar-refractivity contribution is 7.77. The van der Waals surface area contributed by atoms with Crippen LogP contribution < -0.4 is 18.9 Å². The maximum absolute atomic E-state index is 14.9. The second-order valence-corrected chi connectivity index (χ2v) is 7.81. The molecule has 33 heavy (non-hydrogen) atoms. The molecule has 0 fully saturated rings. The fourth-order valence-corrected chi connectivity index (χ4v) is 3.72. The number of para-hydroxylation sites is 1. The van der Waals surface area contributed by atoms with Crippen molar-refractivity contribution in [3.8, 4) is 34.1 Å². The third-order valence-corrected chi connectivity index (χ3v) is 5.44. The number of hydrogen-bond acceptors (Lipinski definition) is 5. The summed E-state index contributed by atoms with van der Waals surface area (Å²) in [6, 6.07) is 17.0. The largest absolute Gasteiger partial charge is 0.493 e. The normalized spacial score (nSPS) is 11.9. The summed E-state index contributed by atoms with van der Waals surface area (Å²) in [7, 11) is 3.08. The van der Waals surface area contributed by atoms with Crippen LogP contribution in [0.1, 0.15) is 5.56 Å². The Bertz CT molecular complexity index is 1310. The zero-order valence-electron chi connectivity index (χ0n) is 17.9.